The van der Waals surface area contributed by atoms with Gasteiger partial charge in [0.05, 0.1) is 17.9 Å². The van der Waals surface area contributed by atoms with Crippen molar-refractivity contribution in [3.63, 3.8) is 0 Å². The quantitative estimate of drug-likeness (QED) is 0.804. The van der Waals surface area contributed by atoms with Crippen LogP contribution in [0, 0.1) is 5.82 Å². The molecule has 0 unspecified atom stereocenters. The van der Waals surface area contributed by atoms with Crippen LogP contribution in [0.15, 0.2) is 51.7 Å². The minimum atomic E-state index is -0.522. The molecular formula is C14H10ClFN2O2. The van der Waals surface area contributed by atoms with Gasteiger partial charge in [-0.05, 0) is 24.3 Å². The third kappa shape index (κ3) is 2.28. The number of nitrogens with one attached hydrogen (secondary N) is 1. The van der Waals surface area contributed by atoms with Crippen LogP contribution in [-0.2, 0) is 6.67 Å². The molecule has 0 aliphatic carbocycles. The molecule has 6 heteroatoms. The van der Waals surface area contributed by atoms with Gasteiger partial charge < -0.3 is 9.73 Å². The Labute approximate surface area is 118 Å². The summed E-state index contributed by atoms with van der Waals surface area (Å²) in [6.07, 6.45) is 0. The maximum absolute atomic E-state index is 13.5. The number of hydrogen-bond donors (Lipinski definition) is 1. The lowest BCUT2D eigenvalue weighted by Crippen LogP contribution is -2.19. The molecule has 20 heavy (non-hydrogen) atoms. The second-order valence-electron chi connectivity index (χ2n) is 4.22. The zero-order chi connectivity index (χ0) is 14.1. The number of aromatic nitrogens is 1. The van der Waals surface area contributed by atoms with Gasteiger partial charge in [-0.2, -0.15) is 0 Å². The molecule has 1 aromatic heterocycles. The van der Waals surface area contributed by atoms with E-state index in [0.29, 0.717) is 21.8 Å². The third-order valence-electron chi connectivity index (χ3n) is 2.93. The molecule has 1 heterocycles. The topological polar surface area (TPSA) is 47.2 Å². The van der Waals surface area contributed by atoms with Crippen molar-refractivity contribution >= 4 is 28.4 Å². The molecule has 0 radical (unpaired) electrons. The molecule has 0 aliphatic rings. The van der Waals surface area contributed by atoms with Crippen LogP contribution >= 0.6 is 11.6 Å². The highest BCUT2D eigenvalue weighted by molar-refractivity contribution is 6.31. The average Bonchev–Trinajstić information content (AvgIpc) is 2.73. The fraction of sp³-hybridized carbons (Fsp3) is 0.0714. The summed E-state index contributed by atoms with van der Waals surface area (Å²) in [7, 11) is 0. The summed E-state index contributed by atoms with van der Waals surface area (Å²) >= 11 is 5.84. The van der Waals surface area contributed by atoms with Gasteiger partial charge in [-0.25, -0.2) is 9.18 Å². The molecule has 102 valence electrons. The molecule has 4 nitrogen and oxygen atoms in total. The van der Waals surface area contributed by atoms with Gasteiger partial charge in [0.25, 0.3) is 0 Å². The van der Waals surface area contributed by atoms with Crippen LogP contribution in [0.3, 0.4) is 0 Å². The number of benzene rings is 2. The first kappa shape index (κ1) is 12.7. The highest BCUT2D eigenvalue weighted by Gasteiger charge is 2.09. The monoisotopic (exact) mass is 292 g/mol. The Morgan fingerprint density at radius 1 is 1.25 bits per heavy atom. The summed E-state index contributed by atoms with van der Waals surface area (Å²) in [5.41, 5.74) is 1.32. The van der Waals surface area contributed by atoms with Crippen molar-refractivity contribution < 1.29 is 8.81 Å². The molecule has 0 bridgehead atoms. The summed E-state index contributed by atoms with van der Waals surface area (Å²) in [6, 6.07) is 11.2. The number of para-hydroxylation sites is 1. The van der Waals surface area contributed by atoms with E-state index in [1.165, 1.54) is 10.6 Å². The van der Waals surface area contributed by atoms with Crippen LogP contribution in [0.25, 0.3) is 11.1 Å². The highest BCUT2D eigenvalue weighted by atomic mass is 35.5. The molecular weight excluding hydrogens is 283 g/mol. The minimum absolute atomic E-state index is 0.106. The van der Waals surface area contributed by atoms with E-state index in [1.54, 1.807) is 36.4 Å². The first-order valence-corrected chi connectivity index (χ1v) is 6.30. The molecule has 0 saturated heterocycles. The Morgan fingerprint density at radius 3 is 2.85 bits per heavy atom. The lowest BCUT2D eigenvalue weighted by atomic mass is 10.3. The van der Waals surface area contributed by atoms with E-state index in [2.05, 4.69) is 5.32 Å². The van der Waals surface area contributed by atoms with E-state index in [0.717, 1.165) is 0 Å². The van der Waals surface area contributed by atoms with Crippen molar-refractivity contribution in [2.45, 2.75) is 6.67 Å². The van der Waals surface area contributed by atoms with Crippen molar-refractivity contribution in [1.29, 1.82) is 0 Å². The molecule has 0 amide bonds. The zero-order valence-corrected chi connectivity index (χ0v) is 11.0. The van der Waals surface area contributed by atoms with Crippen LogP contribution in [0.2, 0.25) is 5.02 Å². The fourth-order valence-corrected chi connectivity index (χ4v) is 2.12. The summed E-state index contributed by atoms with van der Waals surface area (Å²) in [5.74, 6) is -0.900. The van der Waals surface area contributed by atoms with Gasteiger partial charge in [-0.15, -0.1) is 0 Å². The summed E-state index contributed by atoms with van der Waals surface area (Å²) < 4.78 is 20.0. The van der Waals surface area contributed by atoms with Crippen LogP contribution in [0.1, 0.15) is 0 Å². The number of nitrogens with zero attached hydrogens (tertiary/aromatic N) is 1. The van der Waals surface area contributed by atoms with Crippen molar-refractivity contribution in [2.24, 2.45) is 0 Å². The van der Waals surface area contributed by atoms with E-state index in [9.17, 15) is 9.18 Å². The Kier molecular flexibility index (Phi) is 3.20. The smallest absolute Gasteiger partial charge is 0.408 e. The molecule has 0 saturated carbocycles. The molecule has 3 aromatic rings. The van der Waals surface area contributed by atoms with Gasteiger partial charge >= 0.3 is 5.76 Å². The number of oxazole rings is 1. The Balaban J connectivity index is 1.94. The predicted molar refractivity (Wildman–Crippen MR) is 75.5 cm³/mol. The van der Waals surface area contributed by atoms with Crippen LogP contribution in [-0.4, -0.2) is 4.57 Å². The molecule has 1 N–H and O–H groups in total. The molecule has 0 atom stereocenters. The molecule has 0 aliphatic heterocycles. The van der Waals surface area contributed by atoms with Gasteiger partial charge in [0, 0.05) is 11.1 Å². The lowest BCUT2D eigenvalue weighted by molar-refractivity contribution is 0.514. The highest BCUT2D eigenvalue weighted by Crippen LogP contribution is 2.19. The SMILES string of the molecule is O=c1oc2cc(Cl)ccc2n1CNc1ccccc1F. The number of anilines is 1. The zero-order valence-electron chi connectivity index (χ0n) is 10.3. The molecule has 0 fully saturated rings. The normalized spacial score (nSPS) is 10.9. The third-order valence-corrected chi connectivity index (χ3v) is 3.17. The molecule has 2 aromatic carbocycles. The fourth-order valence-electron chi connectivity index (χ4n) is 1.96. The number of fused-ring (bicyclic) bond motifs is 1. The number of rotatable bonds is 3. The maximum Gasteiger partial charge on any atom is 0.421 e. The van der Waals surface area contributed by atoms with E-state index in [4.69, 9.17) is 16.0 Å². The Bertz CT molecular complexity index is 825. The Morgan fingerprint density at radius 2 is 2.05 bits per heavy atom. The first-order chi connectivity index (χ1) is 9.65. The van der Waals surface area contributed by atoms with E-state index in [1.807, 2.05) is 0 Å². The predicted octanol–water partition coefficient (Wildman–Crippen LogP) is 3.46. The number of halogens is 2. The van der Waals surface area contributed by atoms with Gasteiger partial charge in [0.1, 0.15) is 5.82 Å². The Hall–Kier alpha value is -2.27. The minimum Gasteiger partial charge on any atom is -0.408 e. The van der Waals surface area contributed by atoms with Crippen LogP contribution in [0.5, 0.6) is 0 Å². The van der Waals surface area contributed by atoms with Crippen molar-refractivity contribution in [3.05, 3.63) is 63.9 Å². The summed E-state index contributed by atoms with van der Waals surface area (Å²) in [6.45, 7) is 0.106. The van der Waals surface area contributed by atoms with Gasteiger partial charge in [-0.1, -0.05) is 23.7 Å². The molecule has 0 spiro atoms. The second kappa shape index (κ2) is 5.02. The van der Waals surface area contributed by atoms with Crippen LogP contribution < -0.4 is 11.1 Å². The van der Waals surface area contributed by atoms with Gasteiger partial charge in [-0.3, -0.25) is 4.57 Å². The largest absolute Gasteiger partial charge is 0.421 e. The second-order valence-corrected chi connectivity index (χ2v) is 4.66. The van der Waals surface area contributed by atoms with Crippen molar-refractivity contribution in [3.8, 4) is 0 Å². The lowest BCUT2D eigenvalue weighted by Gasteiger charge is -2.07. The number of hydrogen-bond acceptors (Lipinski definition) is 3. The molecule has 3 rings (SSSR count). The first-order valence-electron chi connectivity index (χ1n) is 5.92. The maximum atomic E-state index is 13.5. The average molecular weight is 293 g/mol. The summed E-state index contributed by atoms with van der Waals surface area (Å²) in [5, 5.41) is 3.34. The van der Waals surface area contributed by atoms with Gasteiger partial charge in [0.2, 0.25) is 0 Å². The van der Waals surface area contributed by atoms with Crippen molar-refractivity contribution in [2.75, 3.05) is 5.32 Å². The van der Waals surface area contributed by atoms with E-state index < -0.39 is 5.76 Å². The standard InChI is InChI=1S/C14H10ClFN2O2/c15-9-5-6-12-13(7-9)20-14(19)18(12)8-17-11-4-2-1-3-10(11)16/h1-7,17H,8H2. The van der Waals surface area contributed by atoms with Gasteiger partial charge in [0.15, 0.2) is 5.58 Å². The van der Waals surface area contributed by atoms with E-state index in [-0.39, 0.29) is 12.5 Å². The summed E-state index contributed by atoms with van der Waals surface area (Å²) in [4.78, 5) is 11.8. The van der Waals surface area contributed by atoms with Crippen molar-refractivity contribution in [1.82, 2.24) is 4.57 Å². The van der Waals surface area contributed by atoms with Crippen LogP contribution in [0.4, 0.5) is 10.1 Å². The van der Waals surface area contributed by atoms with E-state index >= 15 is 0 Å².